The van der Waals surface area contributed by atoms with Crippen molar-refractivity contribution in [3.05, 3.63) is 35.5 Å². The van der Waals surface area contributed by atoms with Gasteiger partial charge in [-0.2, -0.15) is 0 Å². The molecule has 0 fully saturated rings. The first kappa shape index (κ1) is 10.2. The van der Waals surface area contributed by atoms with Gasteiger partial charge < -0.3 is 0 Å². The maximum atomic E-state index is 2.20. The van der Waals surface area contributed by atoms with Gasteiger partial charge in [-0.05, 0) is 31.4 Å². The summed E-state index contributed by atoms with van der Waals surface area (Å²) >= 11 is 0. The predicted molar refractivity (Wildman–Crippen MR) is 52.6 cm³/mol. The van der Waals surface area contributed by atoms with Gasteiger partial charge in [0.05, 0.1) is 0 Å². The van der Waals surface area contributed by atoms with Crippen molar-refractivity contribution < 1.29 is 0 Å². The van der Waals surface area contributed by atoms with Crippen molar-refractivity contribution in [2.45, 2.75) is 34.1 Å². The third-order valence-electron chi connectivity index (χ3n) is 1.67. The van der Waals surface area contributed by atoms with Gasteiger partial charge in [-0.25, -0.2) is 0 Å². The second kappa shape index (κ2) is 5.96. The van der Waals surface area contributed by atoms with Gasteiger partial charge in [-0.15, -0.1) is 0 Å². The topological polar surface area (TPSA) is 0 Å². The van der Waals surface area contributed by atoms with Gasteiger partial charge in [-0.3, -0.25) is 0 Å². The Morgan fingerprint density at radius 2 is 1.82 bits per heavy atom. The zero-order valence-electron chi connectivity index (χ0n) is 8.02. The molecule has 0 radical (unpaired) electrons. The molecule has 0 bridgehead atoms. The summed E-state index contributed by atoms with van der Waals surface area (Å²) in [6.45, 7) is 8.17. The smallest absolute Gasteiger partial charge is 0.00916 e. The minimum Gasteiger partial charge on any atom is -0.0835 e. The molecule has 1 rings (SSSR count). The molecule has 0 heteroatoms. The van der Waals surface area contributed by atoms with Crippen LogP contribution in [0.15, 0.2) is 35.5 Å². The first-order chi connectivity index (χ1) is 5.38. The fourth-order valence-corrected chi connectivity index (χ4v) is 1.10. The van der Waals surface area contributed by atoms with E-state index in [0.29, 0.717) is 0 Å². The van der Waals surface area contributed by atoms with Crippen molar-refractivity contribution in [1.82, 2.24) is 0 Å². The summed E-state index contributed by atoms with van der Waals surface area (Å²) in [6, 6.07) is 0. The number of rotatable bonds is 0. The van der Waals surface area contributed by atoms with Gasteiger partial charge in [0, 0.05) is 0 Å². The lowest BCUT2D eigenvalue weighted by atomic mass is 10.1. The monoisotopic (exact) mass is 150 g/mol. The largest absolute Gasteiger partial charge is 0.0835 e. The average molecular weight is 150 g/mol. The Hall–Kier alpha value is -0.780. The molecule has 0 aromatic carbocycles. The predicted octanol–water partition coefficient (Wildman–Crippen LogP) is 3.87. The van der Waals surface area contributed by atoms with E-state index in [1.54, 1.807) is 0 Å². The van der Waals surface area contributed by atoms with Gasteiger partial charge in [-0.1, -0.05) is 38.2 Å². The molecule has 0 saturated heterocycles. The number of hydrogen-bond acceptors (Lipinski definition) is 0. The van der Waals surface area contributed by atoms with Gasteiger partial charge in [0.15, 0.2) is 0 Å². The van der Waals surface area contributed by atoms with E-state index in [1.807, 2.05) is 13.8 Å². The molecule has 1 aliphatic carbocycles. The summed E-state index contributed by atoms with van der Waals surface area (Å²) in [6.07, 6.45) is 9.82. The van der Waals surface area contributed by atoms with E-state index < -0.39 is 0 Å². The molecular formula is C11H18. The average Bonchev–Trinajstić information content (AvgIpc) is 2.54. The molecule has 0 atom stereocenters. The van der Waals surface area contributed by atoms with Crippen LogP contribution in [0.25, 0.3) is 0 Å². The third-order valence-corrected chi connectivity index (χ3v) is 1.67. The quantitative estimate of drug-likeness (QED) is 0.492. The Bertz CT molecular complexity index is 180. The molecule has 0 aromatic heterocycles. The molecule has 0 N–H and O–H groups in total. The SMILES string of the molecule is CC.CC=C1CC=C/C1=C/C. The highest BCUT2D eigenvalue weighted by Gasteiger charge is 2.02. The summed E-state index contributed by atoms with van der Waals surface area (Å²) in [5, 5.41) is 0. The Morgan fingerprint density at radius 1 is 1.18 bits per heavy atom. The summed E-state index contributed by atoms with van der Waals surface area (Å²) < 4.78 is 0. The first-order valence-electron chi connectivity index (χ1n) is 4.37. The fraction of sp³-hybridized carbons (Fsp3) is 0.455. The van der Waals surface area contributed by atoms with Crippen LogP contribution >= 0.6 is 0 Å². The van der Waals surface area contributed by atoms with E-state index in [4.69, 9.17) is 0 Å². The maximum absolute atomic E-state index is 2.20. The van der Waals surface area contributed by atoms with Crippen molar-refractivity contribution in [1.29, 1.82) is 0 Å². The molecule has 62 valence electrons. The van der Waals surface area contributed by atoms with Crippen LogP contribution in [-0.4, -0.2) is 0 Å². The Balaban J connectivity index is 0.000000461. The molecule has 1 aliphatic rings. The lowest BCUT2D eigenvalue weighted by Crippen LogP contribution is -1.75. The minimum absolute atomic E-state index is 1.12. The van der Waals surface area contributed by atoms with Crippen LogP contribution in [0.2, 0.25) is 0 Å². The molecule has 0 nitrogen and oxygen atoms in total. The van der Waals surface area contributed by atoms with Gasteiger partial charge in [0.25, 0.3) is 0 Å². The van der Waals surface area contributed by atoms with Crippen LogP contribution in [0.3, 0.4) is 0 Å². The zero-order chi connectivity index (χ0) is 8.69. The first-order valence-corrected chi connectivity index (χ1v) is 4.37. The van der Waals surface area contributed by atoms with E-state index in [1.165, 1.54) is 11.1 Å². The molecular weight excluding hydrogens is 132 g/mol. The second-order valence-electron chi connectivity index (χ2n) is 2.16. The lowest BCUT2D eigenvalue weighted by Gasteiger charge is -1.94. The van der Waals surface area contributed by atoms with Crippen LogP contribution in [0.1, 0.15) is 34.1 Å². The van der Waals surface area contributed by atoms with Crippen molar-refractivity contribution in [2.24, 2.45) is 0 Å². The minimum atomic E-state index is 1.12. The van der Waals surface area contributed by atoms with Gasteiger partial charge in [0.1, 0.15) is 0 Å². The molecule has 0 aromatic rings. The second-order valence-corrected chi connectivity index (χ2v) is 2.16. The highest BCUT2D eigenvalue weighted by atomic mass is 14.1. The van der Waals surface area contributed by atoms with Crippen molar-refractivity contribution in [2.75, 3.05) is 0 Å². The fourth-order valence-electron chi connectivity index (χ4n) is 1.10. The standard InChI is InChI=1S/C9H12.C2H6/c1-3-8-6-5-7-9(8)4-2;1-2/h3-6H,7H2,1-2H3;1-2H3/b8-3-,9-4?;. The Kier molecular flexibility index (Phi) is 5.54. The van der Waals surface area contributed by atoms with E-state index in [0.717, 1.165) is 6.42 Å². The van der Waals surface area contributed by atoms with E-state index in [-0.39, 0.29) is 0 Å². The van der Waals surface area contributed by atoms with Crippen molar-refractivity contribution in [3.8, 4) is 0 Å². The number of allylic oxidation sites excluding steroid dienone is 6. The zero-order valence-corrected chi connectivity index (χ0v) is 8.02. The normalized spacial score (nSPS) is 22.2. The molecule has 0 amide bonds. The van der Waals surface area contributed by atoms with Crippen LogP contribution in [0.4, 0.5) is 0 Å². The van der Waals surface area contributed by atoms with Crippen molar-refractivity contribution >= 4 is 0 Å². The van der Waals surface area contributed by atoms with Gasteiger partial charge in [0.2, 0.25) is 0 Å². The molecule has 0 spiro atoms. The molecule has 0 heterocycles. The third kappa shape index (κ3) is 2.75. The van der Waals surface area contributed by atoms with E-state index in [9.17, 15) is 0 Å². The van der Waals surface area contributed by atoms with Crippen LogP contribution in [-0.2, 0) is 0 Å². The van der Waals surface area contributed by atoms with Crippen LogP contribution < -0.4 is 0 Å². The Labute approximate surface area is 70.3 Å². The summed E-state index contributed by atoms with van der Waals surface area (Å²) in [5.74, 6) is 0. The summed E-state index contributed by atoms with van der Waals surface area (Å²) in [5.41, 5.74) is 2.84. The lowest BCUT2D eigenvalue weighted by molar-refractivity contribution is 1.29. The number of hydrogen-bond donors (Lipinski definition) is 0. The van der Waals surface area contributed by atoms with E-state index >= 15 is 0 Å². The molecule has 0 aliphatic heterocycles. The summed E-state index contributed by atoms with van der Waals surface area (Å²) in [4.78, 5) is 0. The summed E-state index contributed by atoms with van der Waals surface area (Å²) in [7, 11) is 0. The molecule has 0 saturated carbocycles. The molecule has 11 heavy (non-hydrogen) atoms. The maximum Gasteiger partial charge on any atom is -0.00916 e. The van der Waals surface area contributed by atoms with Crippen LogP contribution in [0.5, 0.6) is 0 Å². The Morgan fingerprint density at radius 3 is 2.18 bits per heavy atom. The van der Waals surface area contributed by atoms with E-state index in [2.05, 4.69) is 38.2 Å². The highest BCUT2D eigenvalue weighted by molar-refractivity contribution is 5.45. The van der Waals surface area contributed by atoms with Crippen molar-refractivity contribution in [3.63, 3.8) is 0 Å². The van der Waals surface area contributed by atoms with Crippen LogP contribution in [0, 0.1) is 0 Å². The highest BCUT2D eigenvalue weighted by Crippen LogP contribution is 2.22. The van der Waals surface area contributed by atoms with Gasteiger partial charge >= 0.3 is 0 Å². The molecule has 0 unspecified atom stereocenters.